The summed E-state index contributed by atoms with van der Waals surface area (Å²) in [4.78, 5) is 11.3. The first-order valence-corrected chi connectivity index (χ1v) is 6.69. The molecule has 0 bridgehead atoms. The van der Waals surface area contributed by atoms with Crippen LogP contribution in [0.4, 0.5) is 5.69 Å². The van der Waals surface area contributed by atoms with Crippen molar-refractivity contribution in [2.24, 2.45) is 11.1 Å². The van der Waals surface area contributed by atoms with Gasteiger partial charge in [0, 0.05) is 24.1 Å². The van der Waals surface area contributed by atoms with E-state index in [0.29, 0.717) is 13.0 Å². The van der Waals surface area contributed by atoms with E-state index in [2.05, 4.69) is 26.1 Å². The second kappa shape index (κ2) is 5.21. The minimum absolute atomic E-state index is 0.00112. The molecule has 4 heteroatoms. The SMILES string of the molecule is CC(C)(C)C(CN)Oc1ccc2c(c1)CCC(=O)N2. The van der Waals surface area contributed by atoms with Crippen LogP contribution in [0.2, 0.25) is 0 Å². The molecule has 0 aliphatic carbocycles. The Hall–Kier alpha value is -1.55. The predicted octanol–water partition coefficient (Wildman–Crippen LogP) is 2.32. The lowest BCUT2D eigenvalue weighted by atomic mass is 9.89. The number of benzene rings is 1. The lowest BCUT2D eigenvalue weighted by molar-refractivity contribution is -0.116. The van der Waals surface area contributed by atoms with Crippen LogP contribution in [0.3, 0.4) is 0 Å². The average Bonchev–Trinajstić information content (AvgIpc) is 2.34. The zero-order valence-corrected chi connectivity index (χ0v) is 11.8. The van der Waals surface area contributed by atoms with Crippen LogP contribution in [0.25, 0.3) is 0 Å². The van der Waals surface area contributed by atoms with Crippen molar-refractivity contribution in [1.82, 2.24) is 0 Å². The molecule has 1 aromatic carbocycles. The summed E-state index contributed by atoms with van der Waals surface area (Å²) in [7, 11) is 0. The van der Waals surface area contributed by atoms with Gasteiger partial charge in [-0.05, 0) is 30.2 Å². The van der Waals surface area contributed by atoms with Gasteiger partial charge in [-0.2, -0.15) is 0 Å². The zero-order valence-electron chi connectivity index (χ0n) is 11.8. The molecular weight excluding hydrogens is 240 g/mol. The summed E-state index contributed by atoms with van der Waals surface area (Å²) >= 11 is 0. The zero-order chi connectivity index (χ0) is 14.0. The Morgan fingerprint density at radius 2 is 2.11 bits per heavy atom. The third-order valence-corrected chi connectivity index (χ3v) is 3.43. The predicted molar refractivity (Wildman–Crippen MR) is 76.3 cm³/mol. The van der Waals surface area contributed by atoms with Gasteiger partial charge in [0.05, 0.1) is 0 Å². The molecule has 1 aliphatic heterocycles. The fourth-order valence-corrected chi connectivity index (χ4v) is 2.18. The van der Waals surface area contributed by atoms with E-state index in [-0.39, 0.29) is 17.4 Å². The van der Waals surface area contributed by atoms with Crippen molar-refractivity contribution in [2.45, 2.75) is 39.7 Å². The van der Waals surface area contributed by atoms with Crippen LogP contribution in [0, 0.1) is 5.41 Å². The molecule has 1 heterocycles. The van der Waals surface area contributed by atoms with Crippen molar-refractivity contribution >= 4 is 11.6 Å². The average molecular weight is 262 g/mol. The van der Waals surface area contributed by atoms with Crippen molar-refractivity contribution < 1.29 is 9.53 Å². The van der Waals surface area contributed by atoms with Crippen molar-refractivity contribution in [3.63, 3.8) is 0 Å². The number of fused-ring (bicyclic) bond motifs is 1. The molecule has 0 radical (unpaired) electrons. The Morgan fingerprint density at radius 3 is 2.74 bits per heavy atom. The van der Waals surface area contributed by atoms with Crippen LogP contribution in [0.1, 0.15) is 32.8 Å². The number of nitrogens with two attached hydrogens (primary N) is 1. The number of carbonyl (C=O) groups is 1. The van der Waals surface area contributed by atoms with Crippen LogP contribution in [0.15, 0.2) is 18.2 Å². The first kappa shape index (κ1) is 13.9. The lowest BCUT2D eigenvalue weighted by Crippen LogP contribution is -2.38. The van der Waals surface area contributed by atoms with E-state index in [0.717, 1.165) is 23.4 Å². The topological polar surface area (TPSA) is 64.3 Å². The summed E-state index contributed by atoms with van der Waals surface area (Å²) in [5, 5.41) is 2.87. The standard InChI is InChI=1S/C15H22N2O2/c1-15(2,3)13(9-16)19-11-5-6-12-10(8-11)4-7-14(18)17-12/h5-6,8,13H,4,7,9,16H2,1-3H3,(H,17,18). The highest BCUT2D eigenvalue weighted by molar-refractivity contribution is 5.93. The fraction of sp³-hybridized carbons (Fsp3) is 0.533. The number of carbonyl (C=O) groups excluding carboxylic acids is 1. The highest BCUT2D eigenvalue weighted by Gasteiger charge is 2.25. The summed E-state index contributed by atoms with van der Waals surface area (Å²) in [6.07, 6.45) is 1.28. The largest absolute Gasteiger partial charge is 0.489 e. The minimum atomic E-state index is -0.0243. The van der Waals surface area contributed by atoms with Crippen LogP contribution in [0.5, 0.6) is 5.75 Å². The van der Waals surface area contributed by atoms with E-state index in [4.69, 9.17) is 10.5 Å². The molecule has 0 saturated heterocycles. The first-order valence-electron chi connectivity index (χ1n) is 6.69. The van der Waals surface area contributed by atoms with E-state index < -0.39 is 0 Å². The van der Waals surface area contributed by atoms with Gasteiger partial charge in [-0.3, -0.25) is 4.79 Å². The maximum atomic E-state index is 11.3. The maximum Gasteiger partial charge on any atom is 0.224 e. The Morgan fingerprint density at radius 1 is 1.37 bits per heavy atom. The molecule has 104 valence electrons. The fourth-order valence-electron chi connectivity index (χ4n) is 2.18. The van der Waals surface area contributed by atoms with Gasteiger partial charge in [-0.25, -0.2) is 0 Å². The molecule has 1 atom stereocenters. The third kappa shape index (κ3) is 3.26. The molecule has 0 saturated carbocycles. The van der Waals surface area contributed by atoms with E-state index in [1.165, 1.54) is 0 Å². The molecule has 4 nitrogen and oxygen atoms in total. The summed E-state index contributed by atoms with van der Waals surface area (Å²) in [5.41, 5.74) is 7.80. The van der Waals surface area contributed by atoms with Crippen LogP contribution in [-0.2, 0) is 11.2 Å². The van der Waals surface area contributed by atoms with E-state index in [1.807, 2.05) is 18.2 Å². The molecule has 0 fully saturated rings. The van der Waals surface area contributed by atoms with Crippen LogP contribution >= 0.6 is 0 Å². The number of hydrogen-bond donors (Lipinski definition) is 2. The molecule has 0 spiro atoms. The van der Waals surface area contributed by atoms with Gasteiger partial charge >= 0.3 is 0 Å². The van der Waals surface area contributed by atoms with Crippen molar-refractivity contribution in [1.29, 1.82) is 0 Å². The second-order valence-corrected chi connectivity index (χ2v) is 6.08. The molecule has 1 aromatic rings. The van der Waals surface area contributed by atoms with Crippen molar-refractivity contribution in [3.8, 4) is 5.75 Å². The smallest absolute Gasteiger partial charge is 0.224 e. The number of anilines is 1. The number of nitrogens with one attached hydrogen (secondary N) is 1. The molecule has 1 amide bonds. The normalized spacial score (nSPS) is 16.5. The molecule has 0 aromatic heterocycles. The highest BCUT2D eigenvalue weighted by Crippen LogP contribution is 2.29. The maximum absolute atomic E-state index is 11.3. The Balaban J connectivity index is 2.16. The van der Waals surface area contributed by atoms with Crippen molar-refractivity contribution in [3.05, 3.63) is 23.8 Å². The quantitative estimate of drug-likeness (QED) is 0.878. The summed E-state index contributed by atoms with van der Waals surface area (Å²) in [5.74, 6) is 0.899. The Bertz CT molecular complexity index is 478. The third-order valence-electron chi connectivity index (χ3n) is 3.43. The molecule has 1 unspecified atom stereocenters. The van der Waals surface area contributed by atoms with Gasteiger partial charge in [-0.15, -0.1) is 0 Å². The number of ether oxygens (including phenoxy) is 1. The van der Waals surface area contributed by atoms with E-state index >= 15 is 0 Å². The highest BCUT2D eigenvalue weighted by atomic mass is 16.5. The van der Waals surface area contributed by atoms with Gasteiger partial charge in [0.25, 0.3) is 0 Å². The van der Waals surface area contributed by atoms with E-state index in [1.54, 1.807) is 0 Å². The number of aryl methyl sites for hydroxylation is 1. The van der Waals surface area contributed by atoms with Crippen LogP contribution in [-0.4, -0.2) is 18.6 Å². The van der Waals surface area contributed by atoms with Gasteiger partial charge in [0.1, 0.15) is 11.9 Å². The Labute approximate surface area is 114 Å². The minimum Gasteiger partial charge on any atom is -0.489 e. The number of rotatable bonds is 3. The Kier molecular flexibility index (Phi) is 3.80. The van der Waals surface area contributed by atoms with Gasteiger partial charge in [-0.1, -0.05) is 20.8 Å². The number of hydrogen-bond acceptors (Lipinski definition) is 3. The van der Waals surface area contributed by atoms with Crippen molar-refractivity contribution in [2.75, 3.05) is 11.9 Å². The summed E-state index contributed by atoms with van der Waals surface area (Å²) in [6.45, 7) is 6.83. The lowest BCUT2D eigenvalue weighted by Gasteiger charge is -2.30. The molecule has 3 N–H and O–H groups in total. The molecular formula is C15H22N2O2. The summed E-state index contributed by atoms with van der Waals surface area (Å²) in [6, 6.07) is 5.79. The summed E-state index contributed by atoms with van der Waals surface area (Å²) < 4.78 is 5.98. The molecule has 2 rings (SSSR count). The first-order chi connectivity index (χ1) is 8.90. The monoisotopic (exact) mass is 262 g/mol. The second-order valence-electron chi connectivity index (χ2n) is 6.08. The number of amides is 1. The van der Waals surface area contributed by atoms with Gasteiger partial charge in [0.2, 0.25) is 5.91 Å². The van der Waals surface area contributed by atoms with Crippen LogP contribution < -0.4 is 15.8 Å². The van der Waals surface area contributed by atoms with Gasteiger partial charge in [0.15, 0.2) is 0 Å². The van der Waals surface area contributed by atoms with E-state index in [9.17, 15) is 4.79 Å². The van der Waals surface area contributed by atoms with Gasteiger partial charge < -0.3 is 15.8 Å². The molecule has 1 aliphatic rings. The molecule has 19 heavy (non-hydrogen) atoms.